The van der Waals surface area contributed by atoms with Gasteiger partial charge in [-0.1, -0.05) is 12.1 Å². The number of nitriles is 1. The van der Waals surface area contributed by atoms with E-state index in [-0.39, 0.29) is 12.5 Å². The molecule has 6 heteroatoms. The maximum atomic E-state index is 12.1. The van der Waals surface area contributed by atoms with Crippen LogP contribution in [0.3, 0.4) is 0 Å². The molecule has 0 aliphatic carbocycles. The van der Waals surface area contributed by atoms with Crippen LogP contribution in [0, 0.1) is 11.3 Å². The van der Waals surface area contributed by atoms with E-state index in [2.05, 4.69) is 16.7 Å². The summed E-state index contributed by atoms with van der Waals surface area (Å²) in [6.07, 6.45) is 0. The monoisotopic (exact) mass is 373 g/mol. The number of benzene rings is 3. The molecule has 0 fully saturated rings. The lowest BCUT2D eigenvalue weighted by molar-refractivity contribution is -0.114. The quantitative estimate of drug-likeness (QED) is 0.641. The van der Waals surface area contributed by atoms with Gasteiger partial charge < -0.3 is 20.1 Å². The van der Waals surface area contributed by atoms with Crippen LogP contribution < -0.4 is 20.1 Å². The Bertz CT molecular complexity index is 977. The van der Waals surface area contributed by atoms with Gasteiger partial charge in [0.05, 0.1) is 25.3 Å². The van der Waals surface area contributed by atoms with Crippen LogP contribution in [0.1, 0.15) is 5.56 Å². The van der Waals surface area contributed by atoms with Gasteiger partial charge in [-0.15, -0.1) is 0 Å². The molecule has 3 aromatic rings. The number of hydrogen-bond donors (Lipinski definition) is 2. The minimum Gasteiger partial charge on any atom is -0.493 e. The van der Waals surface area contributed by atoms with Gasteiger partial charge in [-0.2, -0.15) is 5.26 Å². The van der Waals surface area contributed by atoms with Crippen LogP contribution in [-0.4, -0.2) is 19.6 Å². The zero-order chi connectivity index (χ0) is 19.8. The molecule has 0 aliphatic heterocycles. The molecule has 0 unspecified atom stereocenters. The highest BCUT2D eigenvalue weighted by atomic mass is 16.5. The van der Waals surface area contributed by atoms with Gasteiger partial charge >= 0.3 is 0 Å². The lowest BCUT2D eigenvalue weighted by Crippen LogP contribution is -2.21. The van der Waals surface area contributed by atoms with Crippen molar-refractivity contribution < 1.29 is 14.3 Å². The lowest BCUT2D eigenvalue weighted by atomic mass is 10.2. The van der Waals surface area contributed by atoms with Crippen molar-refractivity contribution in [3.63, 3.8) is 0 Å². The Morgan fingerprint density at radius 1 is 0.929 bits per heavy atom. The number of para-hydroxylation sites is 2. The van der Waals surface area contributed by atoms with Gasteiger partial charge in [0.2, 0.25) is 5.91 Å². The normalized spacial score (nSPS) is 9.86. The van der Waals surface area contributed by atoms with Crippen molar-refractivity contribution in [3.8, 4) is 23.3 Å². The first-order valence-electron chi connectivity index (χ1n) is 8.63. The molecule has 3 rings (SSSR count). The summed E-state index contributed by atoms with van der Waals surface area (Å²) in [5, 5.41) is 14.6. The van der Waals surface area contributed by atoms with Crippen molar-refractivity contribution >= 4 is 17.3 Å². The van der Waals surface area contributed by atoms with Crippen molar-refractivity contribution in [2.24, 2.45) is 0 Å². The average Bonchev–Trinajstić information content (AvgIpc) is 2.74. The molecular formula is C22H19N3O3. The second kappa shape index (κ2) is 9.10. The number of rotatable bonds is 7. The largest absolute Gasteiger partial charge is 0.493 e. The van der Waals surface area contributed by atoms with Crippen molar-refractivity contribution in [2.45, 2.75) is 0 Å². The van der Waals surface area contributed by atoms with Crippen LogP contribution in [-0.2, 0) is 4.79 Å². The molecule has 0 saturated heterocycles. The van der Waals surface area contributed by atoms with Crippen molar-refractivity contribution in [2.75, 3.05) is 24.3 Å². The Labute approximate surface area is 163 Å². The van der Waals surface area contributed by atoms with Crippen LogP contribution >= 0.6 is 0 Å². The first-order chi connectivity index (χ1) is 13.7. The zero-order valence-corrected chi connectivity index (χ0v) is 15.3. The SMILES string of the molecule is COc1ccccc1Oc1ccc(NC(=O)CNc2ccc(C#N)cc2)cc1. The van der Waals surface area contributed by atoms with E-state index in [4.69, 9.17) is 14.7 Å². The van der Waals surface area contributed by atoms with E-state index in [9.17, 15) is 4.79 Å². The smallest absolute Gasteiger partial charge is 0.243 e. The molecule has 0 aliphatic rings. The third kappa shape index (κ3) is 5.02. The summed E-state index contributed by atoms with van der Waals surface area (Å²) in [6, 6.07) is 23.4. The highest BCUT2D eigenvalue weighted by Crippen LogP contribution is 2.31. The third-order valence-corrected chi connectivity index (χ3v) is 3.90. The first-order valence-corrected chi connectivity index (χ1v) is 8.63. The van der Waals surface area contributed by atoms with Crippen molar-refractivity contribution in [3.05, 3.63) is 78.4 Å². The number of carbonyl (C=O) groups is 1. The predicted octanol–water partition coefficient (Wildman–Crippen LogP) is 4.41. The topological polar surface area (TPSA) is 83.4 Å². The summed E-state index contributed by atoms with van der Waals surface area (Å²) in [5.74, 6) is 1.73. The number of nitrogens with zero attached hydrogens (tertiary/aromatic N) is 1. The number of hydrogen-bond acceptors (Lipinski definition) is 5. The predicted molar refractivity (Wildman–Crippen MR) is 108 cm³/mol. The molecule has 0 spiro atoms. The third-order valence-electron chi connectivity index (χ3n) is 3.90. The Morgan fingerprint density at radius 2 is 1.57 bits per heavy atom. The molecule has 3 aromatic carbocycles. The molecule has 0 heterocycles. The first kappa shape index (κ1) is 18.8. The fourth-order valence-corrected chi connectivity index (χ4v) is 2.49. The number of ether oxygens (including phenoxy) is 2. The van der Waals surface area contributed by atoms with Gasteiger partial charge in [0.25, 0.3) is 0 Å². The minimum absolute atomic E-state index is 0.116. The molecule has 1 amide bonds. The summed E-state index contributed by atoms with van der Waals surface area (Å²) in [4.78, 5) is 12.1. The van der Waals surface area contributed by atoms with E-state index in [1.165, 1.54) is 0 Å². The fraction of sp³-hybridized carbons (Fsp3) is 0.0909. The standard InChI is InChI=1S/C22H19N3O3/c1-27-20-4-2-3-5-21(20)28-19-12-10-18(11-13-19)25-22(26)15-24-17-8-6-16(14-23)7-9-17/h2-13,24H,15H2,1H3,(H,25,26). The Kier molecular flexibility index (Phi) is 6.11. The van der Waals surface area contributed by atoms with Crippen LogP contribution in [0.4, 0.5) is 11.4 Å². The van der Waals surface area contributed by atoms with Gasteiger partial charge in [0.1, 0.15) is 5.75 Å². The van der Waals surface area contributed by atoms with Gasteiger partial charge in [0.15, 0.2) is 11.5 Å². The van der Waals surface area contributed by atoms with E-state index >= 15 is 0 Å². The van der Waals surface area contributed by atoms with Crippen LogP contribution in [0.25, 0.3) is 0 Å². The molecule has 140 valence electrons. The second-order valence-corrected chi connectivity index (χ2v) is 5.87. The van der Waals surface area contributed by atoms with Gasteiger partial charge in [-0.25, -0.2) is 0 Å². The molecule has 6 nitrogen and oxygen atoms in total. The maximum Gasteiger partial charge on any atom is 0.243 e. The van der Waals surface area contributed by atoms with Gasteiger partial charge in [-0.3, -0.25) is 4.79 Å². The minimum atomic E-state index is -0.178. The summed E-state index contributed by atoms with van der Waals surface area (Å²) in [6.45, 7) is 0.116. The Balaban J connectivity index is 1.53. The molecule has 0 bridgehead atoms. The molecule has 0 atom stereocenters. The van der Waals surface area contributed by atoms with Gasteiger partial charge in [-0.05, 0) is 60.7 Å². The van der Waals surface area contributed by atoms with E-state index in [0.29, 0.717) is 28.5 Å². The zero-order valence-electron chi connectivity index (χ0n) is 15.3. The number of nitrogens with one attached hydrogen (secondary N) is 2. The van der Waals surface area contributed by atoms with Gasteiger partial charge in [0, 0.05) is 11.4 Å². The van der Waals surface area contributed by atoms with E-state index in [1.807, 2.05) is 24.3 Å². The van der Waals surface area contributed by atoms with Crippen molar-refractivity contribution in [1.82, 2.24) is 0 Å². The molecule has 28 heavy (non-hydrogen) atoms. The molecular weight excluding hydrogens is 354 g/mol. The molecule has 0 aromatic heterocycles. The fourth-order valence-electron chi connectivity index (χ4n) is 2.49. The number of anilines is 2. The van der Waals surface area contributed by atoms with Crippen LogP contribution in [0.15, 0.2) is 72.8 Å². The van der Waals surface area contributed by atoms with E-state index < -0.39 is 0 Å². The highest BCUT2D eigenvalue weighted by molar-refractivity contribution is 5.93. The van der Waals surface area contributed by atoms with Crippen molar-refractivity contribution in [1.29, 1.82) is 5.26 Å². The van der Waals surface area contributed by atoms with Crippen LogP contribution in [0.5, 0.6) is 17.2 Å². The maximum absolute atomic E-state index is 12.1. The molecule has 0 saturated carbocycles. The molecule has 0 radical (unpaired) electrons. The van der Waals surface area contributed by atoms with E-state index in [1.54, 1.807) is 55.6 Å². The summed E-state index contributed by atoms with van der Waals surface area (Å²) in [7, 11) is 1.59. The van der Waals surface area contributed by atoms with E-state index in [0.717, 1.165) is 5.69 Å². The lowest BCUT2D eigenvalue weighted by Gasteiger charge is -2.11. The average molecular weight is 373 g/mol. The Morgan fingerprint density at radius 3 is 2.21 bits per heavy atom. The number of methoxy groups -OCH3 is 1. The number of carbonyl (C=O) groups excluding carboxylic acids is 1. The summed E-state index contributed by atoms with van der Waals surface area (Å²) >= 11 is 0. The summed E-state index contributed by atoms with van der Waals surface area (Å²) < 4.78 is 11.1. The Hall–Kier alpha value is -3.98. The highest BCUT2D eigenvalue weighted by Gasteiger charge is 2.06. The summed E-state index contributed by atoms with van der Waals surface area (Å²) in [5.41, 5.74) is 2.01. The number of amides is 1. The second-order valence-electron chi connectivity index (χ2n) is 5.87. The molecule has 2 N–H and O–H groups in total. The van der Waals surface area contributed by atoms with Crippen LogP contribution in [0.2, 0.25) is 0 Å².